The largest absolute Gasteiger partial charge is 0.309 e. The van der Waals surface area contributed by atoms with E-state index in [1.165, 1.54) is 87.6 Å². The highest BCUT2D eigenvalue weighted by atomic mass is 32.2. The summed E-state index contributed by atoms with van der Waals surface area (Å²) in [6.45, 7) is 9.87. The molecule has 1 aliphatic heterocycles. The van der Waals surface area contributed by atoms with E-state index in [0.29, 0.717) is 5.41 Å². The smallest absolute Gasteiger partial charge is 0.0604 e. The maximum absolute atomic E-state index is 2.66. The Balaban J connectivity index is 1.16. The number of rotatable bonds is 4. The molecule has 6 atom stereocenters. The molecule has 250 valence electrons. The summed E-state index contributed by atoms with van der Waals surface area (Å²) in [5.74, 6) is 3.41. The Kier molecular flexibility index (Phi) is 5.97. The lowest BCUT2D eigenvalue weighted by atomic mass is 9.26. The Bertz CT molecular complexity index is 2200. The SMILES string of the molecule is CC1(C)CCC(C)(C)c2c(N(c3ccccc3)c3cccc4c3Sc3ccc(-c5ccccc5)cc3C43C4CC5CC6CC3C64C5)cccc21. The first-order valence-electron chi connectivity index (χ1n) is 19.2. The van der Waals surface area contributed by atoms with Gasteiger partial charge in [-0.15, -0.1) is 0 Å². The summed E-state index contributed by atoms with van der Waals surface area (Å²) in [6.07, 6.45) is 8.22. The van der Waals surface area contributed by atoms with Crippen LogP contribution in [-0.4, -0.2) is 0 Å². The third kappa shape index (κ3) is 3.62. The lowest BCUT2D eigenvalue weighted by Crippen LogP contribution is -2.74. The second-order valence-corrected chi connectivity index (χ2v) is 19.1. The van der Waals surface area contributed by atoms with E-state index in [2.05, 4.69) is 148 Å². The van der Waals surface area contributed by atoms with E-state index in [-0.39, 0.29) is 16.2 Å². The van der Waals surface area contributed by atoms with Crippen LogP contribution in [0.15, 0.2) is 125 Å². The highest BCUT2D eigenvalue weighted by molar-refractivity contribution is 7.99. The van der Waals surface area contributed by atoms with Gasteiger partial charge >= 0.3 is 0 Å². The fourth-order valence-corrected chi connectivity index (χ4v) is 14.3. The summed E-state index contributed by atoms with van der Waals surface area (Å²) in [5.41, 5.74) is 13.9. The van der Waals surface area contributed by atoms with Gasteiger partial charge in [0.15, 0.2) is 0 Å². The Morgan fingerprint density at radius 1 is 0.600 bits per heavy atom. The number of hydrogen-bond acceptors (Lipinski definition) is 2. The number of anilines is 3. The highest BCUT2D eigenvalue weighted by Crippen LogP contribution is 2.89. The van der Waals surface area contributed by atoms with Crippen LogP contribution in [0.2, 0.25) is 0 Å². The maximum Gasteiger partial charge on any atom is 0.0604 e. The number of para-hydroxylation sites is 1. The summed E-state index contributed by atoms with van der Waals surface area (Å²) >= 11 is 2.05. The second kappa shape index (κ2) is 9.97. The average Bonchev–Trinajstić information content (AvgIpc) is 3.66. The Morgan fingerprint density at radius 3 is 2.08 bits per heavy atom. The Hall–Kier alpha value is -3.75. The predicted molar refractivity (Wildman–Crippen MR) is 208 cm³/mol. The molecule has 50 heavy (non-hydrogen) atoms. The summed E-state index contributed by atoms with van der Waals surface area (Å²) in [4.78, 5) is 5.63. The molecule has 2 bridgehead atoms. The number of fused-ring (bicyclic) bond motifs is 8. The molecule has 0 saturated heterocycles. The van der Waals surface area contributed by atoms with Crippen LogP contribution in [-0.2, 0) is 16.2 Å². The van der Waals surface area contributed by atoms with Crippen molar-refractivity contribution in [2.45, 2.75) is 92.3 Å². The van der Waals surface area contributed by atoms with Gasteiger partial charge < -0.3 is 4.90 Å². The van der Waals surface area contributed by atoms with Crippen LogP contribution in [0, 0.1) is 29.1 Å². The van der Waals surface area contributed by atoms with E-state index in [0.717, 1.165) is 23.7 Å². The van der Waals surface area contributed by atoms with Gasteiger partial charge in [-0.2, -0.15) is 0 Å². The van der Waals surface area contributed by atoms with Crippen molar-refractivity contribution in [1.82, 2.24) is 0 Å². The summed E-state index contributed by atoms with van der Waals surface area (Å²) in [5, 5.41) is 0. The molecule has 4 saturated carbocycles. The molecule has 1 heterocycles. The van der Waals surface area contributed by atoms with Gasteiger partial charge in [-0.05, 0) is 148 Å². The first-order valence-corrected chi connectivity index (χ1v) is 20.1. The molecule has 0 N–H and O–H groups in total. The van der Waals surface area contributed by atoms with E-state index in [1.54, 1.807) is 11.1 Å². The molecule has 1 nitrogen and oxygen atoms in total. The van der Waals surface area contributed by atoms with E-state index in [4.69, 9.17) is 0 Å². The lowest BCUT2D eigenvalue weighted by Gasteiger charge is -2.78. The van der Waals surface area contributed by atoms with Gasteiger partial charge in [-0.1, -0.05) is 118 Å². The van der Waals surface area contributed by atoms with Crippen molar-refractivity contribution < 1.29 is 0 Å². The van der Waals surface area contributed by atoms with E-state index < -0.39 is 0 Å². The number of hydrogen-bond donors (Lipinski definition) is 0. The zero-order valence-electron chi connectivity index (χ0n) is 29.9. The van der Waals surface area contributed by atoms with Crippen molar-refractivity contribution in [3.63, 3.8) is 0 Å². The van der Waals surface area contributed by atoms with Crippen LogP contribution >= 0.6 is 11.8 Å². The first kappa shape index (κ1) is 29.9. The minimum Gasteiger partial charge on any atom is -0.309 e. The zero-order valence-corrected chi connectivity index (χ0v) is 30.7. The molecule has 5 aliphatic carbocycles. The predicted octanol–water partition coefficient (Wildman–Crippen LogP) is 13.0. The fraction of sp³-hybridized carbons (Fsp3) is 0.375. The van der Waals surface area contributed by atoms with Crippen molar-refractivity contribution in [3.8, 4) is 11.1 Å². The number of benzene rings is 5. The van der Waals surface area contributed by atoms with Crippen LogP contribution in [0.25, 0.3) is 11.1 Å². The molecule has 4 fully saturated rings. The van der Waals surface area contributed by atoms with Crippen molar-refractivity contribution >= 4 is 28.8 Å². The average molecular weight is 670 g/mol. The van der Waals surface area contributed by atoms with E-state index >= 15 is 0 Å². The van der Waals surface area contributed by atoms with Crippen molar-refractivity contribution in [2.75, 3.05) is 4.90 Å². The summed E-state index contributed by atoms with van der Waals surface area (Å²) < 4.78 is 0. The van der Waals surface area contributed by atoms with Gasteiger partial charge in [0.1, 0.15) is 0 Å². The monoisotopic (exact) mass is 669 g/mol. The molecule has 5 aromatic carbocycles. The Labute approximate surface area is 302 Å². The molecule has 6 aliphatic rings. The molecule has 11 rings (SSSR count). The van der Waals surface area contributed by atoms with Crippen LogP contribution in [0.4, 0.5) is 17.1 Å². The van der Waals surface area contributed by atoms with E-state index in [9.17, 15) is 0 Å². The first-order chi connectivity index (χ1) is 24.2. The standard InChI is InChI=1S/C48H47NS/c1-45(2)23-24-46(3,4)43-35(45)17-11-19-38(43)49(34-15-9-6-10-16-34)39-20-12-18-36-44(39)50-40-22-21-32(31-13-7-5-8-14-31)27-37(40)48(36)41-26-30-25-33-28-42(48)47(33,41)29-30/h5-22,27,30,33,41-42H,23-26,28-29H2,1-4H3. The fourth-order valence-electron chi connectivity index (χ4n) is 13.0. The van der Waals surface area contributed by atoms with Gasteiger partial charge in [-0.3, -0.25) is 0 Å². The second-order valence-electron chi connectivity index (χ2n) is 18.0. The van der Waals surface area contributed by atoms with E-state index in [1.807, 2.05) is 11.8 Å². The minimum atomic E-state index is 0.0858. The van der Waals surface area contributed by atoms with Crippen molar-refractivity contribution in [1.29, 1.82) is 0 Å². The van der Waals surface area contributed by atoms with Crippen LogP contribution < -0.4 is 4.90 Å². The Morgan fingerprint density at radius 2 is 1.30 bits per heavy atom. The van der Waals surface area contributed by atoms with Gasteiger partial charge in [0.25, 0.3) is 0 Å². The van der Waals surface area contributed by atoms with Crippen LogP contribution in [0.1, 0.15) is 88.5 Å². The van der Waals surface area contributed by atoms with Crippen LogP contribution in [0.5, 0.6) is 0 Å². The lowest BCUT2D eigenvalue weighted by molar-refractivity contribution is -0.235. The van der Waals surface area contributed by atoms with Crippen molar-refractivity contribution in [3.05, 3.63) is 138 Å². The molecule has 5 aromatic rings. The normalized spacial score (nSPS) is 31.1. The quantitative estimate of drug-likeness (QED) is 0.187. The van der Waals surface area contributed by atoms with Gasteiger partial charge in [0, 0.05) is 20.9 Å². The third-order valence-corrected chi connectivity index (χ3v) is 16.2. The van der Waals surface area contributed by atoms with Gasteiger partial charge in [-0.25, -0.2) is 0 Å². The topological polar surface area (TPSA) is 3.24 Å². The van der Waals surface area contributed by atoms with Crippen molar-refractivity contribution in [2.24, 2.45) is 29.1 Å². The third-order valence-electron chi connectivity index (χ3n) is 15.0. The molecule has 2 spiro atoms. The molecule has 6 unspecified atom stereocenters. The van der Waals surface area contributed by atoms with Gasteiger partial charge in [0.2, 0.25) is 0 Å². The summed E-state index contributed by atoms with van der Waals surface area (Å²) in [7, 11) is 0. The zero-order chi connectivity index (χ0) is 33.6. The summed E-state index contributed by atoms with van der Waals surface area (Å²) in [6, 6.07) is 44.5. The molecule has 0 aromatic heterocycles. The number of nitrogens with zero attached hydrogens (tertiary/aromatic N) is 1. The molecular formula is C48H47NS. The maximum atomic E-state index is 2.66. The highest BCUT2D eigenvalue weighted by Gasteiger charge is 2.84. The molecule has 0 amide bonds. The molecule has 2 heteroatoms. The van der Waals surface area contributed by atoms with Crippen LogP contribution in [0.3, 0.4) is 0 Å². The molecular weight excluding hydrogens is 623 g/mol. The van der Waals surface area contributed by atoms with Gasteiger partial charge in [0.05, 0.1) is 11.4 Å². The minimum absolute atomic E-state index is 0.0858. The molecule has 0 radical (unpaired) electrons.